The van der Waals surface area contributed by atoms with Crippen molar-refractivity contribution in [3.8, 4) is 27.9 Å². The molecule has 2 aromatic heterocycles. The largest absolute Gasteiger partial charge is 0.294 e. The van der Waals surface area contributed by atoms with Crippen LogP contribution in [0.3, 0.4) is 0 Å². The molecule has 2 nitrogen and oxygen atoms in total. The summed E-state index contributed by atoms with van der Waals surface area (Å²) in [5.74, 6) is 0. The van der Waals surface area contributed by atoms with Crippen LogP contribution >= 0.6 is 0 Å². The normalized spacial score (nSPS) is 11.8. The summed E-state index contributed by atoms with van der Waals surface area (Å²) in [6.45, 7) is 0. The molecular weight excluding hydrogens is 569 g/mol. The Kier molecular flexibility index (Phi) is 5.61. The maximum Gasteiger partial charge on any atom is 0.145 e. The molecule has 0 aliphatic rings. The second-order valence-corrected chi connectivity index (χ2v) is 12.3. The molecule has 0 atom stereocenters. The Labute approximate surface area is 271 Å². The zero-order chi connectivity index (χ0) is 30.9. The highest BCUT2D eigenvalue weighted by molar-refractivity contribution is 6.23. The van der Waals surface area contributed by atoms with Crippen LogP contribution in [0.25, 0.3) is 93.0 Å². The topological polar surface area (TPSA) is 17.8 Å². The highest BCUT2D eigenvalue weighted by atomic mass is 15.0. The van der Waals surface area contributed by atoms with Gasteiger partial charge in [-0.2, -0.15) is 0 Å². The fourth-order valence-electron chi connectivity index (χ4n) is 7.74. The predicted molar refractivity (Wildman–Crippen MR) is 199 cm³/mol. The van der Waals surface area contributed by atoms with Gasteiger partial charge in [-0.1, -0.05) is 133 Å². The first-order valence-corrected chi connectivity index (χ1v) is 16.1. The van der Waals surface area contributed by atoms with Crippen molar-refractivity contribution < 1.29 is 0 Å². The van der Waals surface area contributed by atoms with Crippen LogP contribution in [0, 0.1) is 0 Å². The Morgan fingerprint density at radius 2 is 0.915 bits per heavy atom. The lowest BCUT2D eigenvalue weighted by molar-refractivity contribution is 1.14. The van der Waals surface area contributed by atoms with Crippen LogP contribution < -0.4 is 0 Å². The quantitative estimate of drug-likeness (QED) is 0.147. The Bertz CT molecular complexity index is 2790. The molecule has 10 rings (SSSR count). The lowest BCUT2D eigenvalue weighted by Crippen LogP contribution is -1.95. The van der Waals surface area contributed by atoms with Gasteiger partial charge in [0.1, 0.15) is 5.65 Å². The molecule has 0 fully saturated rings. The van der Waals surface area contributed by atoms with Gasteiger partial charge in [-0.25, -0.2) is 4.98 Å². The second-order valence-electron chi connectivity index (χ2n) is 12.3. The lowest BCUT2D eigenvalue weighted by Gasteiger charge is -2.18. The van der Waals surface area contributed by atoms with Crippen molar-refractivity contribution in [2.24, 2.45) is 0 Å². The number of benzene rings is 8. The third kappa shape index (κ3) is 3.89. The van der Waals surface area contributed by atoms with Gasteiger partial charge in [0.05, 0.1) is 5.52 Å². The van der Waals surface area contributed by atoms with Crippen LogP contribution in [0.2, 0.25) is 0 Å². The molecule has 0 saturated heterocycles. The van der Waals surface area contributed by atoms with Gasteiger partial charge in [0.25, 0.3) is 0 Å². The molecule has 2 heteroatoms. The van der Waals surface area contributed by atoms with Crippen LogP contribution in [-0.4, -0.2) is 9.55 Å². The summed E-state index contributed by atoms with van der Waals surface area (Å²) in [5, 5.41) is 12.4. The predicted octanol–water partition coefficient (Wildman–Crippen LogP) is 12.1. The molecule has 0 bridgehead atoms. The molecule has 0 unspecified atom stereocenters. The molecule has 0 amide bonds. The third-order valence-electron chi connectivity index (χ3n) is 9.78. The first-order chi connectivity index (χ1) is 23.3. The number of hydrogen-bond acceptors (Lipinski definition) is 1. The van der Waals surface area contributed by atoms with Gasteiger partial charge < -0.3 is 0 Å². The molecule has 0 aliphatic carbocycles. The minimum absolute atomic E-state index is 0.968. The first kappa shape index (κ1) is 26.0. The smallest absolute Gasteiger partial charge is 0.145 e. The van der Waals surface area contributed by atoms with Gasteiger partial charge in [0.2, 0.25) is 0 Å². The summed E-state index contributed by atoms with van der Waals surface area (Å²) in [7, 11) is 0. The van der Waals surface area contributed by atoms with Crippen molar-refractivity contribution in [1.29, 1.82) is 0 Å². The van der Waals surface area contributed by atoms with Crippen molar-refractivity contribution in [3.05, 3.63) is 170 Å². The van der Waals surface area contributed by atoms with Crippen LogP contribution in [0.1, 0.15) is 0 Å². The van der Waals surface area contributed by atoms with Crippen LogP contribution in [0.4, 0.5) is 0 Å². The summed E-state index contributed by atoms with van der Waals surface area (Å²) < 4.78 is 2.27. The van der Waals surface area contributed by atoms with E-state index in [0.29, 0.717) is 0 Å². The third-order valence-corrected chi connectivity index (χ3v) is 9.78. The van der Waals surface area contributed by atoms with E-state index in [0.717, 1.165) is 27.8 Å². The van der Waals surface area contributed by atoms with Crippen LogP contribution in [-0.2, 0) is 0 Å². The fraction of sp³-hybridized carbons (Fsp3) is 0. The summed E-state index contributed by atoms with van der Waals surface area (Å²) in [4.78, 5) is 5.19. The van der Waals surface area contributed by atoms with E-state index < -0.39 is 0 Å². The molecule has 0 radical (unpaired) electrons. The first-order valence-electron chi connectivity index (χ1n) is 16.1. The molecule has 2 heterocycles. The van der Waals surface area contributed by atoms with Gasteiger partial charge in [0.15, 0.2) is 0 Å². The van der Waals surface area contributed by atoms with Crippen LogP contribution in [0.5, 0.6) is 0 Å². The van der Waals surface area contributed by atoms with E-state index >= 15 is 0 Å². The monoisotopic (exact) mass is 596 g/mol. The molecule has 47 heavy (non-hydrogen) atoms. The number of aromatic nitrogens is 2. The SMILES string of the molecule is c1ccc(-n2c3ccccc3c3cc(-c4c5ccccc5c(-c5ccc6c(ccc7ccccc76)c5)c5ccccc45)cnc32)cc1. The average molecular weight is 597 g/mol. The van der Waals surface area contributed by atoms with Gasteiger partial charge >= 0.3 is 0 Å². The summed E-state index contributed by atoms with van der Waals surface area (Å²) >= 11 is 0. The molecule has 8 aromatic carbocycles. The summed E-state index contributed by atoms with van der Waals surface area (Å²) in [6.07, 6.45) is 2.07. The number of nitrogens with zero attached hydrogens (tertiary/aromatic N) is 2. The molecule has 0 aliphatic heterocycles. The van der Waals surface area contributed by atoms with E-state index in [1.54, 1.807) is 0 Å². The molecular formula is C45H28N2. The number of para-hydroxylation sites is 2. The van der Waals surface area contributed by atoms with Crippen molar-refractivity contribution in [2.45, 2.75) is 0 Å². The van der Waals surface area contributed by atoms with Gasteiger partial charge in [-0.3, -0.25) is 4.57 Å². The van der Waals surface area contributed by atoms with Crippen molar-refractivity contribution in [1.82, 2.24) is 9.55 Å². The minimum Gasteiger partial charge on any atom is -0.294 e. The maximum atomic E-state index is 5.19. The van der Waals surface area contributed by atoms with Crippen molar-refractivity contribution in [2.75, 3.05) is 0 Å². The van der Waals surface area contributed by atoms with Crippen LogP contribution in [0.15, 0.2) is 170 Å². The average Bonchev–Trinajstić information content (AvgIpc) is 3.47. The molecule has 0 N–H and O–H groups in total. The Morgan fingerprint density at radius 3 is 1.64 bits per heavy atom. The Hall–Kier alpha value is -6.25. The number of fused-ring (bicyclic) bond motifs is 8. The molecule has 10 aromatic rings. The van der Waals surface area contributed by atoms with E-state index in [-0.39, 0.29) is 0 Å². The lowest BCUT2D eigenvalue weighted by atomic mass is 9.85. The van der Waals surface area contributed by atoms with E-state index in [1.165, 1.54) is 65.2 Å². The van der Waals surface area contributed by atoms with E-state index in [4.69, 9.17) is 4.98 Å². The highest BCUT2D eigenvalue weighted by Gasteiger charge is 2.19. The van der Waals surface area contributed by atoms with E-state index in [1.807, 2.05) is 0 Å². The Morgan fingerprint density at radius 1 is 0.362 bits per heavy atom. The van der Waals surface area contributed by atoms with Crippen molar-refractivity contribution in [3.63, 3.8) is 0 Å². The Balaban J connectivity index is 1.25. The number of hydrogen-bond donors (Lipinski definition) is 0. The number of rotatable bonds is 3. The maximum absolute atomic E-state index is 5.19. The zero-order valence-electron chi connectivity index (χ0n) is 25.6. The standard InChI is InChI=1S/C45H28N2/c1-2-13-33(14-3-1)47-42-21-11-10-16-36(42)41-27-32(28-46-45(41)47)44-39-19-8-6-17-37(39)43(38-18-7-9-20-40(38)44)31-24-25-35-30(26-31)23-22-29-12-4-5-15-34(29)35/h1-28H. The second kappa shape index (κ2) is 10.1. The fourth-order valence-corrected chi connectivity index (χ4v) is 7.74. The molecule has 218 valence electrons. The van der Waals surface area contributed by atoms with E-state index in [2.05, 4.69) is 175 Å². The summed E-state index contributed by atoms with van der Waals surface area (Å²) in [5.41, 5.74) is 8.08. The van der Waals surface area contributed by atoms with Crippen molar-refractivity contribution >= 4 is 65.0 Å². The van der Waals surface area contributed by atoms with Gasteiger partial charge in [0, 0.05) is 28.2 Å². The molecule has 0 saturated carbocycles. The zero-order valence-corrected chi connectivity index (χ0v) is 25.6. The van der Waals surface area contributed by atoms with E-state index in [9.17, 15) is 0 Å². The molecule has 0 spiro atoms. The minimum atomic E-state index is 0.968. The number of pyridine rings is 1. The van der Waals surface area contributed by atoms with Gasteiger partial charge in [-0.05, 0) is 90.1 Å². The summed E-state index contributed by atoms with van der Waals surface area (Å²) in [6, 6.07) is 59.3. The van der Waals surface area contributed by atoms with Gasteiger partial charge in [-0.15, -0.1) is 0 Å². The highest BCUT2D eigenvalue weighted by Crippen LogP contribution is 2.45.